The summed E-state index contributed by atoms with van der Waals surface area (Å²) in [6, 6.07) is 10.6. The molecule has 0 atom stereocenters. The molecule has 6 nitrogen and oxygen atoms in total. The van der Waals surface area contributed by atoms with E-state index in [1.54, 1.807) is 31.2 Å². The number of aromatic nitrogens is 2. The Balaban J connectivity index is 1.56. The highest BCUT2D eigenvalue weighted by atomic mass is 35.5. The van der Waals surface area contributed by atoms with Crippen LogP contribution in [0.4, 0.5) is 4.39 Å². The van der Waals surface area contributed by atoms with E-state index in [0.29, 0.717) is 23.0 Å². The van der Waals surface area contributed by atoms with Crippen molar-refractivity contribution in [3.05, 3.63) is 76.1 Å². The molecule has 2 aromatic carbocycles. The van der Waals surface area contributed by atoms with Crippen molar-refractivity contribution in [2.45, 2.75) is 20.1 Å². The lowest BCUT2D eigenvalue weighted by atomic mass is 10.2. The lowest BCUT2D eigenvalue weighted by Crippen LogP contribution is -2.07. The molecule has 0 saturated carbocycles. The molecule has 0 aliphatic carbocycles. The van der Waals surface area contributed by atoms with Crippen LogP contribution in [0.15, 0.2) is 47.0 Å². The highest BCUT2D eigenvalue weighted by Gasteiger charge is 2.12. The zero-order chi connectivity index (χ0) is 18.5. The van der Waals surface area contributed by atoms with Crippen LogP contribution in [0.1, 0.15) is 27.6 Å². The Kier molecular flexibility index (Phi) is 5.48. The summed E-state index contributed by atoms with van der Waals surface area (Å²) in [6.07, 6.45) is 0. The van der Waals surface area contributed by atoms with Gasteiger partial charge in [0.1, 0.15) is 18.2 Å². The number of halogens is 2. The second-order valence-corrected chi connectivity index (χ2v) is 5.73. The summed E-state index contributed by atoms with van der Waals surface area (Å²) in [5.74, 6) is 0.293. The quantitative estimate of drug-likeness (QED) is 0.603. The third-order valence-corrected chi connectivity index (χ3v) is 3.79. The summed E-state index contributed by atoms with van der Waals surface area (Å²) < 4.78 is 29.1. The molecule has 0 spiro atoms. The van der Waals surface area contributed by atoms with Crippen LogP contribution in [-0.2, 0) is 18.0 Å². The SMILES string of the molecule is Cc1nc(COc2ccc(C(=O)OCc3c(F)cccc3Cl)cc2)no1. The first-order valence-electron chi connectivity index (χ1n) is 7.65. The minimum atomic E-state index is -0.593. The lowest BCUT2D eigenvalue weighted by Gasteiger charge is -2.08. The summed E-state index contributed by atoms with van der Waals surface area (Å²) in [5.41, 5.74) is 0.443. The predicted molar refractivity (Wildman–Crippen MR) is 90.3 cm³/mol. The molecule has 1 heterocycles. The van der Waals surface area contributed by atoms with Crippen LogP contribution in [0, 0.1) is 12.7 Å². The Morgan fingerprint density at radius 2 is 1.96 bits per heavy atom. The van der Waals surface area contributed by atoms with Gasteiger partial charge in [-0.05, 0) is 36.4 Å². The van der Waals surface area contributed by atoms with Gasteiger partial charge in [0.15, 0.2) is 6.61 Å². The van der Waals surface area contributed by atoms with Crippen LogP contribution in [0.5, 0.6) is 5.75 Å². The molecule has 8 heteroatoms. The first-order chi connectivity index (χ1) is 12.5. The van der Waals surface area contributed by atoms with Crippen molar-refractivity contribution in [3.63, 3.8) is 0 Å². The second kappa shape index (κ2) is 7.97. The summed E-state index contributed by atoms with van der Waals surface area (Å²) in [4.78, 5) is 16.1. The molecule has 0 N–H and O–H groups in total. The van der Waals surface area contributed by atoms with Gasteiger partial charge in [-0.15, -0.1) is 0 Å². The maximum atomic E-state index is 13.7. The maximum absolute atomic E-state index is 13.7. The molecule has 1 aromatic heterocycles. The van der Waals surface area contributed by atoms with Gasteiger partial charge in [0.2, 0.25) is 11.7 Å². The van der Waals surface area contributed by atoms with E-state index in [9.17, 15) is 9.18 Å². The third kappa shape index (κ3) is 4.37. The number of carbonyl (C=O) groups is 1. The van der Waals surface area contributed by atoms with Gasteiger partial charge < -0.3 is 14.0 Å². The van der Waals surface area contributed by atoms with E-state index in [1.807, 2.05) is 0 Å². The van der Waals surface area contributed by atoms with Gasteiger partial charge in [-0.3, -0.25) is 0 Å². The van der Waals surface area contributed by atoms with Crippen LogP contribution < -0.4 is 4.74 Å². The lowest BCUT2D eigenvalue weighted by molar-refractivity contribution is 0.0469. The summed E-state index contributed by atoms with van der Waals surface area (Å²) in [7, 11) is 0. The van der Waals surface area contributed by atoms with E-state index in [1.165, 1.54) is 18.2 Å². The number of benzene rings is 2. The molecule has 0 bridgehead atoms. The molecular formula is C18H14ClFN2O4. The highest BCUT2D eigenvalue weighted by Crippen LogP contribution is 2.21. The normalized spacial score (nSPS) is 10.6. The second-order valence-electron chi connectivity index (χ2n) is 5.32. The minimum absolute atomic E-state index is 0.137. The van der Waals surface area contributed by atoms with E-state index in [0.717, 1.165) is 0 Å². The van der Waals surface area contributed by atoms with Gasteiger partial charge in [-0.2, -0.15) is 4.98 Å². The van der Waals surface area contributed by atoms with Crippen molar-refractivity contribution in [1.82, 2.24) is 10.1 Å². The standard InChI is InChI=1S/C18H14ClFN2O4/c1-11-21-17(22-26-11)10-24-13-7-5-12(6-8-13)18(23)25-9-14-15(19)3-2-4-16(14)20/h2-8H,9-10H2,1H3. The zero-order valence-corrected chi connectivity index (χ0v) is 14.5. The number of nitrogens with zero attached hydrogens (tertiary/aromatic N) is 2. The van der Waals surface area contributed by atoms with E-state index in [2.05, 4.69) is 10.1 Å². The summed E-state index contributed by atoms with van der Waals surface area (Å²) >= 11 is 5.90. The molecule has 0 amide bonds. The maximum Gasteiger partial charge on any atom is 0.338 e. The van der Waals surface area contributed by atoms with Crippen LogP contribution in [-0.4, -0.2) is 16.1 Å². The molecule has 0 aliphatic rings. The molecule has 0 radical (unpaired) electrons. The van der Waals surface area contributed by atoms with Gasteiger partial charge in [0.05, 0.1) is 10.6 Å². The van der Waals surface area contributed by atoms with Gasteiger partial charge in [0.25, 0.3) is 0 Å². The van der Waals surface area contributed by atoms with Crippen molar-refractivity contribution in [2.24, 2.45) is 0 Å². The molecule has 0 aliphatic heterocycles. The number of hydrogen-bond acceptors (Lipinski definition) is 6. The molecule has 0 saturated heterocycles. The molecule has 3 rings (SSSR count). The van der Waals surface area contributed by atoms with Crippen molar-refractivity contribution in [3.8, 4) is 5.75 Å². The fourth-order valence-electron chi connectivity index (χ4n) is 2.13. The molecule has 134 valence electrons. The average molecular weight is 377 g/mol. The Morgan fingerprint density at radius 1 is 1.19 bits per heavy atom. The Labute approximate surface area is 153 Å². The molecule has 0 unspecified atom stereocenters. The first-order valence-corrected chi connectivity index (χ1v) is 8.03. The first kappa shape index (κ1) is 17.9. The van der Waals surface area contributed by atoms with Crippen molar-refractivity contribution < 1.29 is 23.2 Å². The van der Waals surface area contributed by atoms with Gasteiger partial charge in [-0.1, -0.05) is 22.8 Å². The molecule has 0 fully saturated rings. The van der Waals surface area contributed by atoms with Crippen LogP contribution in [0.25, 0.3) is 0 Å². The predicted octanol–water partition coefficient (Wildman–Crippen LogP) is 4.11. The average Bonchev–Trinajstić information content (AvgIpc) is 3.05. The largest absolute Gasteiger partial charge is 0.485 e. The number of rotatable bonds is 6. The van der Waals surface area contributed by atoms with E-state index in [-0.39, 0.29) is 23.8 Å². The fourth-order valence-corrected chi connectivity index (χ4v) is 2.34. The number of esters is 1. The molecular weight excluding hydrogens is 363 g/mol. The fraction of sp³-hybridized carbons (Fsp3) is 0.167. The molecule has 3 aromatic rings. The van der Waals surface area contributed by atoms with Crippen molar-refractivity contribution >= 4 is 17.6 Å². The topological polar surface area (TPSA) is 74.5 Å². The van der Waals surface area contributed by atoms with Gasteiger partial charge >= 0.3 is 5.97 Å². The van der Waals surface area contributed by atoms with Gasteiger partial charge in [0, 0.05) is 12.5 Å². The monoisotopic (exact) mass is 376 g/mol. The van der Waals surface area contributed by atoms with Crippen LogP contribution >= 0.6 is 11.6 Å². The molecule has 26 heavy (non-hydrogen) atoms. The number of ether oxygens (including phenoxy) is 2. The number of carbonyl (C=O) groups excluding carboxylic acids is 1. The van der Waals surface area contributed by atoms with Gasteiger partial charge in [-0.25, -0.2) is 9.18 Å². The van der Waals surface area contributed by atoms with E-state index < -0.39 is 11.8 Å². The van der Waals surface area contributed by atoms with E-state index in [4.69, 9.17) is 25.6 Å². The van der Waals surface area contributed by atoms with Crippen molar-refractivity contribution in [1.29, 1.82) is 0 Å². The summed E-state index contributed by atoms with van der Waals surface area (Å²) in [6.45, 7) is 1.58. The highest BCUT2D eigenvalue weighted by molar-refractivity contribution is 6.31. The zero-order valence-electron chi connectivity index (χ0n) is 13.7. The minimum Gasteiger partial charge on any atom is -0.485 e. The van der Waals surface area contributed by atoms with Crippen LogP contribution in [0.2, 0.25) is 5.02 Å². The van der Waals surface area contributed by atoms with Crippen molar-refractivity contribution in [2.75, 3.05) is 0 Å². The summed E-state index contributed by atoms with van der Waals surface area (Å²) in [5, 5.41) is 3.92. The van der Waals surface area contributed by atoms with Crippen LogP contribution in [0.3, 0.4) is 0 Å². The Bertz CT molecular complexity index is 892. The smallest absolute Gasteiger partial charge is 0.338 e. The van der Waals surface area contributed by atoms with E-state index >= 15 is 0 Å². The number of hydrogen-bond donors (Lipinski definition) is 0. The third-order valence-electron chi connectivity index (χ3n) is 3.44. The Morgan fingerprint density at radius 3 is 2.62 bits per heavy atom. The Hall–Kier alpha value is -2.93. The number of aryl methyl sites for hydroxylation is 1.